The number of hydrogen-bond acceptors (Lipinski definition) is 8. The fourth-order valence-corrected chi connectivity index (χ4v) is 5.10. The Morgan fingerprint density at radius 2 is 1.66 bits per heavy atom. The zero-order chi connectivity index (χ0) is 25.8. The number of aliphatic hydroxyl groups is 4. The number of ether oxygens (including phenoxy) is 3. The maximum absolute atomic E-state index is 13.3. The van der Waals surface area contributed by atoms with Crippen molar-refractivity contribution in [3.8, 4) is 0 Å². The molecule has 1 aromatic carbocycles. The molecular formula is C27H40O8. The van der Waals surface area contributed by atoms with Gasteiger partial charge in [0.1, 0.15) is 18.1 Å². The quantitative estimate of drug-likeness (QED) is 0.367. The van der Waals surface area contributed by atoms with Gasteiger partial charge in [-0.25, -0.2) is 0 Å². The second-order valence-electron chi connectivity index (χ2n) is 9.98. The second-order valence-corrected chi connectivity index (χ2v) is 9.98. The van der Waals surface area contributed by atoms with Crippen LogP contribution in [0.25, 0.3) is 0 Å². The molecule has 35 heavy (non-hydrogen) atoms. The van der Waals surface area contributed by atoms with Crippen LogP contribution in [0.1, 0.15) is 58.1 Å². The summed E-state index contributed by atoms with van der Waals surface area (Å²) in [6.45, 7) is 5.12. The number of benzene rings is 1. The van der Waals surface area contributed by atoms with Gasteiger partial charge in [-0.05, 0) is 31.7 Å². The van der Waals surface area contributed by atoms with Gasteiger partial charge in [-0.3, -0.25) is 4.79 Å². The average molecular weight is 493 g/mol. The Balaban J connectivity index is 1.98. The maximum Gasteiger partial charge on any atom is 0.314 e. The molecule has 8 nitrogen and oxygen atoms in total. The molecule has 4 N–H and O–H groups in total. The summed E-state index contributed by atoms with van der Waals surface area (Å²) in [6, 6.07) is 9.34. The predicted octanol–water partition coefficient (Wildman–Crippen LogP) is 2.49. The van der Waals surface area contributed by atoms with Crippen molar-refractivity contribution >= 4 is 5.97 Å². The number of esters is 1. The molecule has 10 atom stereocenters. The Hall–Kier alpha value is -1.81. The third kappa shape index (κ3) is 6.13. The first-order chi connectivity index (χ1) is 16.6. The van der Waals surface area contributed by atoms with Crippen LogP contribution in [-0.4, -0.2) is 69.8 Å². The largest absolute Gasteiger partial charge is 0.457 e. The lowest BCUT2D eigenvalue weighted by atomic mass is 9.78. The molecule has 2 heterocycles. The van der Waals surface area contributed by atoms with Gasteiger partial charge in [0.2, 0.25) is 5.79 Å². The molecule has 3 rings (SSSR count). The highest BCUT2D eigenvalue weighted by Crippen LogP contribution is 2.41. The zero-order valence-corrected chi connectivity index (χ0v) is 21.0. The van der Waals surface area contributed by atoms with Gasteiger partial charge in [0.05, 0.1) is 24.4 Å². The molecule has 0 amide bonds. The molecular weight excluding hydrogens is 452 g/mol. The first-order valence-electron chi connectivity index (χ1n) is 12.5. The van der Waals surface area contributed by atoms with Crippen molar-refractivity contribution in [2.45, 2.75) is 88.9 Å². The van der Waals surface area contributed by atoms with Crippen LogP contribution in [0.3, 0.4) is 0 Å². The lowest BCUT2D eigenvalue weighted by molar-refractivity contribution is -0.360. The number of rotatable bonds is 2. The van der Waals surface area contributed by atoms with E-state index in [1.54, 1.807) is 13.0 Å². The lowest BCUT2D eigenvalue weighted by Gasteiger charge is -2.51. The monoisotopic (exact) mass is 492 g/mol. The van der Waals surface area contributed by atoms with Gasteiger partial charge in [-0.15, -0.1) is 0 Å². The number of carbonyl (C=O) groups is 1. The zero-order valence-electron chi connectivity index (χ0n) is 21.0. The van der Waals surface area contributed by atoms with Crippen molar-refractivity contribution in [1.29, 1.82) is 0 Å². The van der Waals surface area contributed by atoms with E-state index < -0.39 is 60.2 Å². The fourth-order valence-electron chi connectivity index (χ4n) is 5.10. The first kappa shape index (κ1) is 27.8. The van der Waals surface area contributed by atoms with Gasteiger partial charge in [-0.1, -0.05) is 62.8 Å². The van der Waals surface area contributed by atoms with Gasteiger partial charge in [-0.2, -0.15) is 0 Å². The van der Waals surface area contributed by atoms with Crippen LogP contribution in [0.5, 0.6) is 0 Å². The number of fused-ring (bicyclic) bond motifs is 2. The molecule has 0 aromatic heterocycles. The molecule has 1 aromatic rings. The van der Waals surface area contributed by atoms with Crippen molar-refractivity contribution in [3.63, 3.8) is 0 Å². The van der Waals surface area contributed by atoms with E-state index in [1.165, 1.54) is 20.1 Å². The summed E-state index contributed by atoms with van der Waals surface area (Å²) in [4.78, 5) is 13.3. The molecule has 0 saturated carbocycles. The molecule has 0 radical (unpaired) electrons. The highest BCUT2D eigenvalue weighted by molar-refractivity contribution is 5.73. The van der Waals surface area contributed by atoms with Gasteiger partial charge >= 0.3 is 5.97 Å². The molecule has 1 fully saturated rings. The molecule has 196 valence electrons. The van der Waals surface area contributed by atoms with Gasteiger partial charge in [0, 0.05) is 18.9 Å². The van der Waals surface area contributed by atoms with E-state index in [0.29, 0.717) is 25.7 Å². The Bertz CT molecular complexity index is 845. The highest BCUT2D eigenvalue weighted by Gasteiger charge is 2.58. The van der Waals surface area contributed by atoms with Crippen molar-refractivity contribution in [1.82, 2.24) is 0 Å². The summed E-state index contributed by atoms with van der Waals surface area (Å²) in [6.07, 6.45) is -0.0935. The molecule has 2 aliphatic rings. The normalized spacial score (nSPS) is 41.8. The minimum absolute atomic E-state index is 0.348. The van der Waals surface area contributed by atoms with Crippen LogP contribution in [-0.2, 0) is 19.0 Å². The number of carbonyl (C=O) groups excluding carboxylic acids is 1. The van der Waals surface area contributed by atoms with Crippen LogP contribution in [0, 0.1) is 17.8 Å². The van der Waals surface area contributed by atoms with E-state index >= 15 is 0 Å². The number of aliphatic hydroxyl groups excluding tert-OH is 3. The Morgan fingerprint density at radius 3 is 2.31 bits per heavy atom. The van der Waals surface area contributed by atoms with Crippen LogP contribution >= 0.6 is 0 Å². The minimum atomic E-state index is -2.14. The molecule has 8 heteroatoms. The van der Waals surface area contributed by atoms with Crippen molar-refractivity contribution in [2.75, 3.05) is 7.11 Å². The molecule has 1 saturated heterocycles. The molecule has 2 aliphatic heterocycles. The van der Waals surface area contributed by atoms with Crippen LogP contribution < -0.4 is 0 Å². The third-order valence-electron chi connectivity index (χ3n) is 7.50. The molecule has 2 bridgehead atoms. The van der Waals surface area contributed by atoms with Crippen molar-refractivity contribution in [2.24, 2.45) is 17.8 Å². The summed E-state index contributed by atoms with van der Waals surface area (Å²) in [5.41, 5.74) is 0.817. The molecule has 0 spiro atoms. The van der Waals surface area contributed by atoms with E-state index in [9.17, 15) is 25.2 Å². The van der Waals surface area contributed by atoms with Crippen LogP contribution in [0.4, 0.5) is 0 Å². The number of cyclic esters (lactones) is 1. The van der Waals surface area contributed by atoms with E-state index in [1.807, 2.05) is 37.3 Å². The van der Waals surface area contributed by atoms with Crippen LogP contribution in [0.2, 0.25) is 0 Å². The first-order valence-corrected chi connectivity index (χ1v) is 12.5. The van der Waals surface area contributed by atoms with E-state index in [-0.39, 0.29) is 5.92 Å². The topological polar surface area (TPSA) is 126 Å². The number of methoxy groups -OCH3 is 1. The van der Waals surface area contributed by atoms with E-state index in [0.717, 1.165) is 5.56 Å². The second kappa shape index (κ2) is 12.0. The van der Waals surface area contributed by atoms with Crippen molar-refractivity contribution < 1.29 is 39.4 Å². The maximum atomic E-state index is 13.3. The van der Waals surface area contributed by atoms with E-state index in [2.05, 4.69) is 0 Å². The van der Waals surface area contributed by atoms with Crippen molar-refractivity contribution in [3.05, 3.63) is 48.0 Å². The van der Waals surface area contributed by atoms with Gasteiger partial charge < -0.3 is 34.6 Å². The minimum Gasteiger partial charge on any atom is -0.457 e. The summed E-state index contributed by atoms with van der Waals surface area (Å²) < 4.78 is 17.5. The standard InChI is InChI=1S/C27H40O8/c1-16-14-15-21(29)20(28)12-8-9-13-22(19-10-6-5-7-11-19)34-26(31)18(3)27(32)25(33-4)23(30)17(2)24(16)35-27/h5-7,10-11,14-18,20-25,28-30,32H,8-9,12-13H2,1-4H3/t16-,17-,18+,20-,21+,22-,23-,24-,25+,27+/m0/s1. The summed E-state index contributed by atoms with van der Waals surface area (Å²) in [7, 11) is 1.35. The predicted molar refractivity (Wildman–Crippen MR) is 129 cm³/mol. The summed E-state index contributed by atoms with van der Waals surface area (Å²) in [5, 5.41) is 43.5. The molecule has 0 aliphatic carbocycles. The average Bonchev–Trinajstić information content (AvgIpc) is 2.85. The Morgan fingerprint density at radius 1 is 1.00 bits per heavy atom. The van der Waals surface area contributed by atoms with E-state index in [4.69, 9.17) is 14.2 Å². The number of hydrogen-bond donors (Lipinski definition) is 4. The summed E-state index contributed by atoms with van der Waals surface area (Å²) >= 11 is 0. The Kier molecular flexibility index (Phi) is 9.48. The highest BCUT2D eigenvalue weighted by atomic mass is 16.7. The fraction of sp³-hybridized carbons (Fsp3) is 0.667. The third-order valence-corrected chi connectivity index (χ3v) is 7.50. The summed E-state index contributed by atoms with van der Waals surface area (Å²) in [5.74, 6) is -4.74. The Labute approximate surface area is 207 Å². The smallest absolute Gasteiger partial charge is 0.314 e. The van der Waals surface area contributed by atoms with Gasteiger partial charge in [0.25, 0.3) is 0 Å². The SMILES string of the molecule is CO[C@@H]1[C@@H](O)[C@H](C)[C@H]2O[C@]1(O)[C@H](C)C(=O)O[C@H](c1ccccc1)CCCC[C@H](O)[C@H](O)C=C[C@@H]2C. The molecule has 0 unspecified atom stereocenters. The van der Waals surface area contributed by atoms with Gasteiger partial charge in [0.15, 0.2) is 0 Å². The van der Waals surface area contributed by atoms with Crippen LogP contribution in [0.15, 0.2) is 42.5 Å². The lowest BCUT2D eigenvalue weighted by Crippen LogP contribution is -2.66.